The number of ether oxygens (including phenoxy) is 2. The molecule has 1 saturated heterocycles. The predicted octanol–water partition coefficient (Wildman–Crippen LogP) is 4.90. The monoisotopic (exact) mass is 602 g/mol. The zero-order valence-corrected chi connectivity index (χ0v) is 26.2. The fourth-order valence-electron chi connectivity index (χ4n) is 5.82. The zero-order chi connectivity index (χ0) is 31.9. The van der Waals surface area contributed by atoms with Gasteiger partial charge in [-0.05, 0) is 25.0 Å². The number of nitrogens with zero attached hydrogens (tertiary/aromatic N) is 3. The highest BCUT2D eigenvalue weighted by Crippen LogP contribution is 2.40. The number of carbonyl (C=O) groups excluding carboxylic acids is 2. The van der Waals surface area contributed by atoms with Crippen molar-refractivity contribution in [2.75, 3.05) is 53.0 Å². The van der Waals surface area contributed by atoms with Gasteiger partial charge >= 0.3 is 11.9 Å². The molecule has 1 atom stereocenters. The molecule has 10 heteroatoms. The highest BCUT2D eigenvalue weighted by molar-refractivity contribution is 5.99. The van der Waals surface area contributed by atoms with E-state index in [1.807, 2.05) is 18.2 Å². The summed E-state index contributed by atoms with van der Waals surface area (Å²) in [5.41, 5.74) is 2.63. The average molecular weight is 603 g/mol. The Bertz CT molecular complexity index is 1460. The van der Waals surface area contributed by atoms with Crippen molar-refractivity contribution in [2.24, 2.45) is 5.41 Å². The molecule has 2 aromatic rings. The van der Waals surface area contributed by atoms with Crippen molar-refractivity contribution < 1.29 is 24.0 Å². The molecular formula is C34H42N4O6. The number of allylic oxidation sites excluding steroid dienone is 2. The number of nitro benzene ring substituents is 1. The van der Waals surface area contributed by atoms with Gasteiger partial charge in [-0.3, -0.25) is 15.0 Å². The third-order valence-electron chi connectivity index (χ3n) is 7.98. The highest BCUT2D eigenvalue weighted by Gasteiger charge is 2.39. The summed E-state index contributed by atoms with van der Waals surface area (Å²) in [5, 5.41) is 14.6. The van der Waals surface area contributed by atoms with Crippen molar-refractivity contribution >= 4 is 23.7 Å². The SMILES string of the molecule is COC(=O)C1=C(C)NC(C)=C(C(=O)OCC(C)(C)CN2CCN(C/C=C/c3ccccc3)CC2)C1c1cccc([N+](=O)[O-])c1. The number of piperazine rings is 1. The van der Waals surface area contributed by atoms with Gasteiger partial charge < -0.3 is 19.7 Å². The number of nitrogens with one attached hydrogen (secondary N) is 1. The van der Waals surface area contributed by atoms with Crippen LogP contribution in [0.5, 0.6) is 0 Å². The molecule has 44 heavy (non-hydrogen) atoms. The number of carbonyl (C=O) groups is 2. The van der Waals surface area contributed by atoms with Crippen LogP contribution in [0.15, 0.2) is 83.2 Å². The summed E-state index contributed by atoms with van der Waals surface area (Å²) in [7, 11) is 1.26. The third-order valence-corrected chi connectivity index (χ3v) is 7.98. The molecule has 0 aliphatic carbocycles. The minimum Gasteiger partial charge on any atom is -0.466 e. The topological polar surface area (TPSA) is 114 Å². The van der Waals surface area contributed by atoms with E-state index >= 15 is 0 Å². The van der Waals surface area contributed by atoms with Crippen molar-refractivity contribution in [3.63, 3.8) is 0 Å². The lowest BCUT2D eigenvalue weighted by Gasteiger charge is -2.38. The maximum Gasteiger partial charge on any atom is 0.336 e. The Morgan fingerprint density at radius 2 is 1.61 bits per heavy atom. The minimum atomic E-state index is -0.886. The molecule has 1 unspecified atom stereocenters. The van der Waals surface area contributed by atoms with Crippen molar-refractivity contribution in [2.45, 2.75) is 33.6 Å². The van der Waals surface area contributed by atoms with E-state index in [-0.39, 0.29) is 28.9 Å². The minimum absolute atomic E-state index is 0.137. The molecule has 1 fully saturated rings. The van der Waals surface area contributed by atoms with Crippen molar-refractivity contribution in [1.82, 2.24) is 15.1 Å². The van der Waals surface area contributed by atoms with E-state index in [2.05, 4.69) is 53.2 Å². The molecule has 0 amide bonds. The van der Waals surface area contributed by atoms with Gasteiger partial charge in [-0.15, -0.1) is 0 Å². The first kappa shape index (κ1) is 32.6. The third kappa shape index (κ3) is 8.21. The molecule has 0 saturated carbocycles. The van der Waals surface area contributed by atoms with E-state index in [0.717, 1.165) is 39.3 Å². The predicted molar refractivity (Wildman–Crippen MR) is 169 cm³/mol. The van der Waals surface area contributed by atoms with E-state index in [0.29, 0.717) is 17.0 Å². The molecule has 2 aromatic carbocycles. The number of methoxy groups -OCH3 is 1. The van der Waals surface area contributed by atoms with Crippen molar-refractivity contribution in [3.8, 4) is 0 Å². The molecule has 10 nitrogen and oxygen atoms in total. The first-order valence-corrected chi connectivity index (χ1v) is 14.8. The van der Waals surface area contributed by atoms with Crippen molar-refractivity contribution in [1.29, 1.82) is 0 Å². The lowest BCUT2D eigenvalue weighted by Crippen LogP contribution is -2.49. The normalized spacial score (nSPS) is 18.3. The van der Waals surface area contributed by atoms with Gasteiger partial charge in [0.1, 0.15) is 0 Å². The summed E-state index contributed by atoms with van der Waals surface area (Å²) in [6.07, 6.45) is 4.35. The second-order valence-electron chi connectivity index (χ2n) is 12.1. The number of non-ortho nitro benzene ring substituents is 1. The zero-order valence-electron chi connectivity index (χ0n) is 26.2. The van der Waals surface area contributed by atoms with Crippen LogP contribution in [0.4, 0.5) is 5.69 Å². The first-order chi connectivity index (χ1) is 21.0. The number of benzene rings is 2. The second kappa shape index (κ2) is 14.5. The number of rotatable bonds is 11. The van der Waals surface area contributed by atoms with Crippen LogP contribution >= 0.6 is 0 Å². The fourth-order valence-corrected chi connectivity index (χ4v) is 5.82. The van der Waals surface area contributed by atoms with E-state index in [4.69, 9.17) is 9.47 Å². The van der Waals surface area contributed by atoms with Gasteiger partial charge in [-0.2, -0.15) is 0 Å². The standard InChI is InChI=1S/C34H42N4O6/c1-24-29(32(39)43-5)31(27-14-9-15-28(21-27)38(41)42)30(25(2)35-24)33(40)44-23-34(3,4)22-37-19-17-36(18-20-37)16-10-13-26-11-7-6-8-12-26/h6-15,21,31,35H,16-20,22-23H2,1-5H3/b13-10+. The molecule has 2 aliphatic rings. The summed E-state index contributed by atoms with van der Waals surface area (Å²) < 4.78 is 11.0. The van der Waals surface area contributed by atoms with Crippen LogP contribution in [-0.4, -0.2) is 79.6 Å². The molecular weight excluding hydrogens is 560 g/mol. The smallest absolute Gasteiger partial charge is 0.336 e. The van der Waals surface area contributed by atoms with Crippen LogP contribution in [-0.2, 0) is 19.1 Å². The fraction of sp³-hybridized carbons (Fsp3) is 0.412. The number of dihydropyridines is 1. The Morgan fingerprint density at radius 3 is 2.25 bits per heavy atom. The van der Waals surface area contributed by atoms with Gasteiger partial charge in [-0.1, -0.05) is 68.5 Å². The maximum atomic E-state index is 13.7. The summed E-state index contributed by atoms with van der Waals surface area (Å²) >= 11 is 0. The summed E-state index contributed by atoms with van der Waals surface area (Å²) in [5.74, 6) is -2.09. The van der Waals surface area contributed by atoms with Gasteiger partial charge in [0.2, 0.25) is 0 Å². The molecule has 0 aromatic heterocycles. The quantitative estimate of drug-likeness (QED) is 0.218. The molecule has 0 bridgehead atoms. The first-order valence-electron chi connectivity index (χ1n) is 14.8. The van der Waals surface area contributed by atoms with Crippen LogP contribution in [0.3, 0.4) is 0 Å². The Kier molecular flexibility index (Phi) is 10.7. The highest BCUT2D eigenvalue weighted by atomic mass is 16.6. The van der Waals surface area contributed by atoms with Crippen LogP contribution < -0.4 is 5.32 Å². The van der Waals surface area contributed by atoms with E-state index < -0.39 is 22.8 Å². The van der Waals surface area contributed by atoms with Crippen LogP contribution in [0.1, 0.15) is 44.7 Å². The molecule has 4 rings (SSSR count). The Labute approximate surface area is 259 Å². The second-order valence-corrected chi connectivity index (χ2v) is 12.1. The average Bonchev–Trinajstić information content (AvgIpc) is 3.00. The number of hydrogen-bond donors (Lipinski definition) is 1. The Balaban J connectivity index is 1.40. The lowest BCUT2D eigenvalue weighted by molar-refractivity contribution is -0.384. The maximum absolute atomic E-state index is 13.7. The molecule has 0 radical (unpaired) electrons. The van der Waals surface area contributed by atoms with Gasteiger partial charge in [0.15, 0.2) is 0 Å². The van der Waals surface area contributed by atoms with Gasteiger partial charge in [0, 0.05) is 68.2 Å². The van der Waals surface area contributed by atoms with Crippen LogP contribution in [0, 0.1) is 15.5 Å². The van der Waals surface area contributed by atoms with Gasteiger partial charge in [-0.25, -0.2) is 9.59 Å². The van der Waals surface area contributed by atoms with E-state index in [1.165, 1.54) is 24.8 Å². The van der Waals surface area contributed by atoms with E-state index in [1.54, 1.807) is 26.0 Å². The molecule has 0 spiro atoms. The molecule has 1 N–H and O–H groups in total. The van der Waals surface area contributed by atoms with Crippen LogP contribution in [0.2, 0.25) is 0 Å². The summed E-state index contributed by atoms with van der Waals surface area (Å²) in [6.45, 7) is 13.2. The Hall–Kier alpha value is -4.28. The number of nitro groups is 1. The van der Waals surface area contributed by atoms with E-state index in [9.17, 15) is 19.7 Å². The van der Waals surface area contributed by atoms with Gasteiger partial charge in [0.05, 0.1) is 35.7 Å². The van der Waals surface area contributed by atoms with Gasteiger partial charge in [0.25, 0.3) is 5.69 Å². The lowest BCUT2D eigenvalue weighted by atomic mass is 9.80. The summed E-state index contributed by atoms with van der Waals surface area (Å²) in [6, 6.07) is 16.2. The summed E-state index contributed by atoms with van der Waals surface area (Å²) in [4.78, 5) is 42.4. The molecule has 2 heterocycles. The molecule has 234 valence electrons. The van der Waals surface area contributed by atoms with Crippen LogP contribution in [0.25, 0.3) is 6.08 Å². The Morgan fingerprint density at radius 1 is 0.977 bits per heavy atom. The number of hydrogen-bond acceptors (Lipinski definition) is 9. The largest absolute Gasteiger partial charge is 0.466 e. The number of esters is 2. The van der Waals surface area contributed by atoms with Crippen molar-refractivity contribution in [3.05, 3.63) is 104 Å². The molecule has 2 aliphatic heterocycles.